The van der Waals surface area contributed by atoms with Gasteiger partial charge in [-0.15, -0.1) is 0 Å². The molecule has 0 radical (unpaired) electrons. The molecule has 1 aliphatic heterocycles. The molecule has 0 spiro atoms. The first-order chi connectivity index (χ1) is 6.88. The summed E-state index contributed by atoms with van der Waals surface area (Å²) in [5.41, 5.74) is 1.22. The summed E-state index contributed by atoms with van der Waals surface area (Å²) in [4.78, 5) is 19.4. The zero-order chi connectivity index (χ0) is 9.80. The Bertz CT molecular complexity index is 360. The molecule has 0 saturated heterocycles. The highest BCUT2D eigenvalue weighted by Gasteiger charge is 2.15. The van der Waals surface area contributed by atoms with Gasteiger partial charge in [0.15, 0.2) is 5.78 Å². The summed E-state index contributed by atoms with van der Waals surface area (Å²) >= 11 is 0. The van der Waals surface area contributed by atoms with E-state index in [2.05, 4.69) is 9.97 Å². The van der Waals surface area contributed by atoms with Gasteiger partial charge < -0.3 is 4.74 Å². The van der Waals surface area contributed by atoms with Crippen LogP contribution >= 0.6 is 0 Å². The first-order valence-corrected chi connectivity index (χ1v) is 4.48. The summed E-state index contributed by atoms with van der Waals surface area (Å²) in [7, 11) is 0. The van der Waals surface area contributed by atoms with E-state index >= 15 is 0 Å². The molecule has 14 heavy (non-hydrogen) atoms. The van der Waals surface area contributed by atoms with Gasteiger partial charge >= 0.3 is 0 Å². The number of carbonyl (C=O) groups excluding carboxylic acids is 1. The van der Waals surface area contributed by atoms with Crippen molar-refractivity contribution in [2.75, 3.05) is 6.61 Å². The van der Waals surface area contributed by atoms with Crippen LogP contribution in [-0.4, -0.2) is 22.4 Å². The van der Waals surface area contributed by atoms with E-state index in [9.17, 15) is 4.79 Å². The Hall–Kier alpha value is -1.71. The van der Waals surface area contributed by atoms with Gasteiger partial charge in [-0.05, 0) is 12.8 Å². The standard InChI is InChI=1S/C10H10N2O2/c13-10(8-2-1-3-14-6-8)9-4-11-7-12-5-9/h4-7H,1-3H2. The van der Waals surface area contributed by atoms with E-state index in [0.29, 0.717) is 17.7 Å². The van der Waals surface area contributed by atoms with Gasteiger partial charge in [0.2, 0.25) is 0 Å². The van der Waals surface area contributed by atoms with Gasteiger partial charge in [-0.25, -0.2) is 9.97 Å². The molecule has 0 N–H and O–H groups in total. The number of rotatable bonds is 2. The Labute approximate surface area is 81.6 Å². The number of carbonyl (C=O) groups is 1. The summed E-state index contributed by atoms with van der Waals surface area (Å²) in [5.74, 6) is -0.0368. The van der Waals surface area contributed by atoms with Crippen LogP contribution in [0.5, 0.6) is 0 Å². The van der Waals surface area contributed by atoms with Crippen molar-refractivity contribution in [1.82, 2.24) is 9.97 Å². The van der Waals surface area contributed by atoms with Gasteiger partial charge in [0.1, 0.15) is 6.33 Å². The van der Waals surface area contributed by atoms with Crippen LogP contribution in [0.3, 0.4) is 0 Å². The molecule has 0 aromatic carbocycles. The van der Waals surface area contributed by atoms with Crippen LogP contribution in [0.2, 0.25) is 0 Å². The van der Waals surface area contributed by atoms with Crippen molar-refractivity contribution in [2.24, 2.45) is 0 Å². The Morgan fingerprint density at radius 1 is 1.36 bits per heavy atom. The number of hydrogen-bond acceptors (Lipinski definition) is 4. The van der Waals surface area contributed by atoms with E-state index < -0.39 is 0 Å². The summed E-state index contributed by atoms with van der Waals surface area (Å²) in [6.45, 7) is 0.696. The Morgan fingerprint density at radius 3 is 2.79 bits per heavy atom. The zero-order valence-corrected chi connectivity index (χ0v) is 7.64. The molecule has 0 unspecified atom stereocenters. The molecule has 1 aromatic heterocycles. The van der Waals surface area contributed by atoms with Crippen LogP contribution in [0.4, 0.5) is 0 Å². The minimum Gasteiger partial charge on any atom is -0.501 e. The van der Waals surface area contributed by atoms with E-state index in [0.717, 1.165) is 12.8 Å². The second-order valence-electron chi connectivity index (χ2n) is 3.07. The maximum atomic E-state index is 11.8. The van der Waals surface area contributed by atoms with Gasteiger partial charge in [0.05, 0.1) is 18.4 Å². The third-order valence-corrected chi connectivity index (χ3v) is 2.05. The maximum absolute atomic E-state index is 11.8. The summed E-state index contributed by atoms with van der Waals surface area (Å²) in [6, 6.07) is 0. The minimum absolute atomic E-state index is 0.0368. The van der Waals surface area contributed by atoms with Crippen LogP contribution in [0.1, 0.15) is 23.2 Å². The zero-order valence-electron chi connectivity index (χ0n) is 7.64. The molecule has 4 heteroatoms. The van der Waals surface area contributed by atoms with Crippen molar-refractivity contribution in [3.63, 3.8) is 0 Å². The van der Waals surface area contributed by atoms with Gasteiger partial charge in [0, 0.05) is 18.0 Å². The van der Waals surface area contributed by atoms with Crippen LogP contribution < -0.4 is 0 Å². The lowest BCUT2D eigenvalue weighted by Crippen LogP contribution is -2.09. The molecule has 2 rings (SSSR count). The van der Waals surface area contributed by atoms with E-state index in [1.807, 2.05) is 0 Å². The van der Waals surface area contributed by atoms with Gasteiger partial charge in [0.25, 0.3) is 0 Å². The summed E-state index contributed by atoms with van der Waals surface area (Å²) in [5, 5.41) is 0. The van der Waals surface area contributed by atoms with Crippen LogP contribution in [0.15, 0.2) is 30.6 Å². The van der Waals surface area contributed by atoms with Crippen molar-refractivity contribution in [3.8, 4) is 0 Å². The highest BCUT2D eigenvalue weighted by atomic mass is 16.5. The second kappa shape index (κ2) is 4.00. The molecule has 1 aliphatic rings. The second-order valence-corrected chi connectivity index (χ2v) is 3.07. The SMILES string of the molecule is O=C(C1=COCCC1)c1cncnc1. The Kier molecular flexibility index (Phi) is 2.53. The molecule has 0 atom stereocenters. The van der Waals surface area contributed by atoms with Crippen molar-refractivity contribution in [2.45, 2.75) is 12.8 Å². The summed E-state index contributed by atoms with van der Waals surface area (Å²) in [6.07, 6.45) is 7.65. The van der Waals surface area contributed by atoms with Gasteiger partial charge in [-0.2, -0.15) is 0 Å². The minimum atomic E-state index is -0.0368. The fraction of sp³-hybridized carbons (Fsp3) is 0.300. The van der Waals surface area contributed by atoms with Crippen LogP contribution in [0.25, 0.3) is 0 Å². The summed E-state index contributed by atoms with van der Waals surface area (Å²) < 4.78 is 5.10. The first-order valence-electron chi connectivity index (χ1n) is 4.48. The molecular formula is C10H10N2O2. The van der Waals surface area contributed by atoms with Crippen molar-refractivity contribution in [3.05, 3.63) is 36.1 Å². The number of ketones is 1. The average Bonchev–Trinajstić information content (AvgIpc) is 2.30. The topological polar surface area (TPSA) is 52.1 Å². The lowest BCUT2D eigenvalue weighted by atomic mass is 10.0. The molecule has 0 bridgehead atoms. The lowest BCUT2D eigenvalue weighted by molar-refractivity contribution is 0.101. The normalized spacial score (nSPS) is 15.6. The lowest BCUT2D eigenvalue weighted by Gasteiger charge is -2.11. The third kappa shape index (κ3) is 1.79. The number of nitrogens with zero attached hydrogens (tertiary/aromatic N) is 2. The quantitative estimate of drug-likeness (QED) is 0.660. The number of Topliss-reactive ketones (excluding diaryl/α,β-unsaturated/α-hetero) is 1. The van der Waals surface area contributed by atoms with E-state index in [1.165, 1.54) is 18.7 Å². The highest BCUT2D eigenvalue weighted by Crippen LogP contribution is 2.16. The Morgan fingerprint density at radius 2 is 2.14 bits per heavy atom. The molecule has 0 saturated carbocycles. The first kappa shape index (κ1) is 8.87. The fourth-order valence-electron chi connectivity index (χ4n) is 1.33. The molecule has 0 amide bonds. The number of ether oxygens (including phenoxy) is 1. The predicted molar refractivity (Wildman–Crippen MR) is 49.6 cm³/mol. The van der Waals surface area contributed by atoms with Crippen molar-refractivity contribution in [1.29, 1.82) is 0 Å². The number of allylic oxidation sites excluding steroid dienone is 1. The molecule has 2 heterocycles. The smallest absolute Gasteiger partial charge is 0.195 e. The molecule has 4 nitrogen and oxygen atoms in total. The van der Waals surface area contributed by atoms with Crippen LogP contribution in [0, 0.1) is 0 Å². The molecule has 0 aliphatic carbocycles. The number of aromatic nitrogens is 2. The van der Waals surface area contributed by atoms with Crippen LogP contribution in [-0.2, 0) is 4.74 Å². The van der Waals surface area contributed by atoms with E-state index in [4.69, 9.17) is 4.74 Å². The Balaban J connectivity index is 2.20. The monoisotopic (exact) mass is 190 g/mol. The fourth-order valence-corrected chi connectivity index (χ4v) is 1.33. The van der Waals surface area contributed by atoms with Gasteiger partial charge in [-0.3, -0.25) is 4.79 Å². The predicted octanol–water partition coefficient (Wildman–Crippen LogP) is 1.35. The molecule has 1 aromatic rings. The van der Waals surface area contributed by atoms with E-state index in [1.54, 1.807) is 6.26 Å². The van der Waals surface area contributed by atoms with Gasteiger partial charge in [-0.1, -0.05) is 0 Å². The maximum Gasteiger partial charge on any atom is 0.195 e. The van der Waals surface area contributed by atoms with E-state index in [-0.39, 0.29) is 5.78 Å². The third-order valence-electron chi connectivity index (χ3n) is 2.05. The van der Waals surface area contributed by atoms with Crippen molar-refractivity contribution < 1.29 is 9.53 Å². The van der Waals surface area contributed by atoms with Crippen molar-refractivity contribution >= 4 is 5.78 Å². The average molecular weight is 190 g/mol. The number of hydrogen-bond donors (Lipinski definition) is 0. The largest absolute Gasteiger partial charge is 0.501 e. The molecular weight excluding hydrogens is 180 g/mol. The highest BCUT2D eigenvalue weighted by molar-refractivity contribution is 6.08. The molecule has 0 fully saturated rings. The molecule has 72 valence electrons.